The van der Waals surface area contributed by atoms with Crippen LogP contribution >= 0.6 is 0 Å². The molecule has 6 nitrogen and oxygen atoms in total. The van der Waals surface area contributed by atoms with Crippen LogP contribution in [0.2, 0.25) is 0 Å². The number of carbonyl (C=O) groups excluding carboxylic acids is 2. The second-order valence-corrected chi connectivity index (χ2v) is 7.86. The summed E-state index contributed by atoms with van der Waals surface area (Å²) in [6.07, 6.45) is 4.68. The number of amides is 2. The fraction of sp³-hybridized carbons (Fsp3) is 0.391. The molecule has 0 unspecified atom stereocenters. The SMILES string of the molecule is NC(=O)c1ccccc1OCc1cccc(C(=O)NC2CCN(C3CC3)CC2)c1. The Morgan fingerprint density at radius 1 is 1.03 bits per heavy atom. The van der Waals surface area contributed by atoms with Crippen molar-refractivity contribution in [2.75, 3.05) is 13.1 Å². The molecule has 1 saturated heterocycles. The van der Waals surface area contributed by atoms with E-state index >= 15 is 0 Å². The Bertz CT molecular complexity index is 886. The number of rotatable bonds is 7. The Balaban J connectivity index is 1.33. The molecule has 2 aliphatic rings. The van der Waals surface area contributed by atoms with Crippen molar-refractivity contribution < 1.29 is 14.3 Å². The lowest BCUT2D eigenvalue weighted by Crippen LogP contribution is -2.45. The largest absolute Gasteiger partial charge is 0.488 e. The molecule has 2 amide bonds. The number of nitrogens with zero attached hydrogens (tertiary/aromatic N) is 1. The average molecular weight is 393 g/mol. The summed E-state index contributed by atoms with van der Waals surface area (Å²) in [7, 11) is 0. The Hall–Kier alpha value is -2.86. The third kappa shape index (κ3) is 4.95. The zero-order valence-electron chi connectivity index (χ0n) is 16.5. The van der Waals surface area contributed by atoms with Crippen molar-refractivity contribution >= 4 is 11.8 Å². The summed E-state index contributed by atoms with van der Waals surface area (Å²) in [6, 6.07) is 15.3. The zero-order chi connectivity index (χ0) is 20.2. The topological polar surface area (TPSA) is 84.7 Å². The molecule has 1 aliphatic carbocycles. The first-order valence-corrected chi connectivity index (χ1v) is 10.3. The van der Waals surface area contributed by atoms with Gasteiger partial charge in [0.1, 0.15) is 12.4 Å². The minimum Gasteiger partial charge on any atom is -0.488 e. The number of ether oxygens (including phenoxy) is 1. The maximum absolute atomic E-state index is 12.7. The van der Waals surface area contributed by atoms with Gasteiger partial charge in [0.2, 0.25) is 0 Å². The van der Waals surface area contributed by atoms with Gasteiger partial charge in [0, 0.05) is 30.7 Å². The third-order valence-corrected chi connectivity index (χ3v) is 5.66. The highest BCUT2D eigenvalue weighted by Gasteiger charge is 2.32. The van der Waals surface area contributed by atoms with E-state index in [2.05, 4.69) is 10.2 Å². The highest BCUT2D eigenvalue weighted by atomic mass is 16.5. The molecule has 0 bridgehead atoms. The van der Waals surface area contributed by atoms with Crippen LogP contribution in [0, 0.1) is 0 Å². The van der Waals surface area contributed by atoms with E-state index in [-0.39, 0.29) is 18.6 Å². The number of nitrogens with two attached hydrogens (primary N) is 1. The molecule has 2 fully saturated rings. The first-order valence-electron chi connectivity index (χ1n) is 10.3. The number of hydrogen-bond acceptors (Lipinski definition) is 4. The van der Waals surface area contributed by atoms with Gasteiger partial charge in [-0.15, -0.1) is 0 Å². The Kier molecular flexibility index (Phi) is 5.81. The van der Waals surface area contributed by atoms with Gasteiger partial charge in [0.05, 0.1) is 5.56 Å². The lowest BCUT2D eigenvalue weighted by Gasteiger charge is -2.32. The molecular weight excluding hydrogens is 366 g/mol. The van der Waals surface area contributed by atoms with E-state index in [0.29, 0.717) is 16.9 Å². The van der Waals surface area contributed by atoms with Crippen LogP contribution in [0.25, 0.3) is 0 Å². The molecule has 2 aromatic carbocycles. The smallest absolute Gasteiger partial charge is 0.252 e. The molecule has 4 rings (SSSR count). The zero-order valence-corrected chi connectivity index (χ0v) is 16.5. The van der Waals surface area contributed by atoms with Gasteiger partial charge in [-0.3, -0.25) is 9.59 Å². The van der Waals surface area contributed by atoms with Gasteiger partial charge >= 0.3 is 0 Å². The van der Waals surface area contributed by atoms with Gasteiger partial charge in [-0.25, -0.2) is 0 Å². The molecule has 0 spiro atoms. The van der Waals surface area contributed by atoms with Crippen LogP contribution in [-0.4, -0.2) is 41.9 Å². The molecule has 6 heteroatoms. The summed E-state index contributed by atoms with van der Waals surface area (Å²) in [4.78, 5) is 26.7. The first-order chi connectivity index (χ1) is 14.1. The highest BCUT2D eigenvalue weighted by Crippen LogP contribution is 2.29. The molecule has 3 N–H and O–H groups in total. The molecule has 152 valence electrons. The van der Waals surface area contributed by atoms with Crippen LogP contribution in [0.1, 0.15) is 52.0 Å². The number of benzene rings is 2. The van der Waals surface area contributed by atoms with Gasteiger partial charge in [-0.2, -0.15) is 0 Å². The van der Waals surface area contributed by atoms with E-state index in [9.17, 15) is 9.59 Å². The minimum atomic E-state index is -0.526. The average Bonchev–Trinajstić information content (AvgIpc) is 3.58. The fourth-order valence-corrected chi connectivity index (χ4v) is 3.88. The quantitative estimate of drug-likeness (QED) is 0.758. The monoisotopic (exact) mass is 393 g/mol. The molecule has 2 aromatic rings. The van der Waals surface area contributed by atoms with Crippen molar-refractivity contribution in [2.45, 2.75) is 44.4 Å². The van der Waals surface area contributed by atoms with E-state index in [0.717, 1.165) is 37.5 Å². The van der Waals surface area contributed by atoms with Crippen LogP contribution in [0.5, 0.6) is 5.75 Å². The van der Waals surface area contributed by atoms with Crippen molar-refractivity contribution in [2.24, 2.45) is 5.73 Å². The number of para-hydroxylation sites is 1. The van der Waals surface area contributed by atoms with Crippen LogP contribution < -0.4 is 15.8 Å². The van der Waals surface area contributed by atoms with Crippen LogP contribution in [-0.2, 0) is 6.61 Å². The van der Waals surface area contributed by atoms with E-state index < -0.39 is 5.91 Å². The lowest BCUT2D eigenvalue weighted by molar-refractivity contribution is 0.0908. The summed E-state index contributed by atoms with van der Waals surface area (Å²) < 4.78 is 5.77. The van der Waals surface area contributed by atoms with E-state index in [1.807, 2.05) is 24.3 Å². The van der Waals surface area contributed by atoms with Crippen LogP contribution in [0.15, 0.2) is 48.5 Å². The summed E-state index contributed by atoms with van der Waals surface area (Å²) in [5, 5.41) is 3.17. The number of primary amides is 1. The van der Waals surface area contributed by atoms with Gasteiger partial charge in [-0.1, -0.05) is 24.3 Å². The number of carbonyl (C=O) groups is 2. The van der Waals surface area contributed by atoms with Gasteiger partial charge in [-0.05, 0) is 55.5 Å². The van der Waals surface area contributed by atoms with Crippen LogP contribution in [0.3, 0.4) is 0 Å². The second-order valence-electron chi connectivity index (χ2n) is 7.86. The normalized spacial score (nSPS) is 17.7. The number of nitrogens with one attached hydrogen (secondary N) is 1. The van der Waals surface area contributed by atoms with E-state index in [1.54, 1.807) is 24.3 Å². The highest BCUT2D eigenvalue weighted by molar-refractivity contribution is 5.95. The molecule has 1 saturated carbocycles. The Labute approximate surface area is 171 Å². The second kappa shape index (κ2) is 8.66. The maximum atomic E-state index is 12.7. The number of likely N-dealkylation sites (tertiary alicyclic amines) is 1. The first kappa shape index (κ1) is 19.5. The van der Waals surface area contributed by atoms with Crippen LogP contribution in [0.4, 0.5) is 0 Å². The van der Waals surface area contributed by atoms with Gasteiger partial charge < -0.3 is 20.7 Å². The summed E-state index contributed by atoms with van der Waals surface area (Å²) in [5.74, 6) is -0.131. The molecule has 1 heterocycles. The van der Waals surface area contributed by atoms with Gasteiger partial charge in [0.25, 0.3) is 11.8 Å². The van der Waals surface area contributed by atoms with Crippen molar-refractivity contribution in [3.63, 3.8) is 0 Å². The van der Waals surface area contributed by atoms with Crippen molar-refractivity contribution in [3.8, 4) is 5.75 Å². The minimum absolute atomic E-state index is 0.0470. The predicted molar refractivity (Wildman–Crippen MR) is 111 cm³/mol. The molecule has 0 atom stereocenters. The standard InChI is InChI=1S/C23H27N3O3/c24-22(27)20-6-1-2-7-21(20)29-15-16-4-3-5-17(14-16)23(28)25-18-10-12-26(13-11-18)19-8-9-19/h1-7,14,18-19H,8-13,15H2,(H2,24,27)(H,25,28). The summed E-state index contributed by atoms with van der Waals surface area (Å²) in [6.45, 7) is 2.40. The molecule has 0 radical (unpaired) electrons. The van der Waals surface area contributed by atoms with Gasteiger partial charge in [0.15, 0.2) is 0 Å². The Morgan fingerprint density at radius 3 is 2.52 bits per heavy atom. The Morgan fingerprint density at radius 2 is 1.79 bits per heavy atom. The lowest BCUT2D eigenvalue weighted by atomic mass is 10.0. The van der Waals surface area contributed by atoms with E-state index in [1.165, 1.54) is 12.8 Å². The maximum Gasteiger partial charge on any atom is 0.252 e. The molecule has 0 aromatic heterocycles. The number of piperidine rings is 1. The predicted octanol–water partition coefficient (Wildman–Crippen LogP) is 2.72. The van der Waals surface area contributed by atoms with E-state index in [4.69, 9.17) is 10.5 Å². The third-order valence-electron chi connectivity index (χ3n) is 5.66. The number of hydrogen-bond donors (Lipinski definition) is 2. The summed E-state index contributed by atoms with van der Waals surface area (Å²) >= 11 is 0. The fourth-order valence-electron chi connectivity index (χ4n) is 3.88. The molecule has 29 heavy (non-hydrogen) atoms. The van der Waals surface area contributed by atoms with Crippen molar-refractivity contribution in [3.05, 3.63) is 65.2 Å². The molecular formula is C23H27N3O3. The summed E-state index contributed by atoms with van der Waals surface area (Å²) in [5.41, 5.74) is 7.22. The van der Waals surface area contributed by atoms with Crippen molar-refractivity contribution in [1.82, 2.24) is 10.2 Å². The van der Waals surface area contributed by atoms with Crippen molar-refractivity contribution in [1.29, 1.82) is 0 Å². The molecule has 1 aliphatic heterocycles.